The van der Waals surface area contributed by atoms with Gasteiger partial charge in [-0.15, -0.1) is 0 Å². The maximum Gasteiger partial charge on any atom is 0.151 e. The van der Waals surface area contributed by atoms with Crippen molar-refractivity contribution in [2.75, 3.05) is 6.61 Å². The third-order valence-electron chi connectivity index (χ3n) is 1.14. The summed E-state index contributed by atoms with van der Waals surface area (Å²) in [7, 11) is 0. The van der Waals surface area contributed by atoms with Gasteiger partial charge in [0.25, 0.3) is 0 Å². The molecule has 0 aromatic carbocycles. The molecular formula is C5H11NO4. The average Bonchev–Trinajstić information content (AvgIpc) is 2.00. The van der Waals surface area contributed by atoms with E-state index in [2.05, 4.69) is 0 Å². The zero-order valence-electron chi connectivity index (χ0n) is 5.34. The maximum atomic E-state index is 9.82. The molecule has 60 valence electrons. The van der Waals surface area contributed by atoms with Crippen LogP contribution in [0.3, 0.4) is 0 Å². The Balaban J connectivity index is 3.80. The normalized spacial score (nSPS) is 19.6. The largest absolute Gasteiger partial charge is 0.395 e. The fraction of sp³-hybridized carbons (Fsp3) is 0.800. The Morgan fingerprint density at radius 3 is 2.30 bits per heavy atom. The van der Waals surface area contributed by atoms with Crippen molar-refractivity contribution in [1.82, 2.24) is 0 Å². The highest BCUT2D eigenvalue weighted by Gasteiger charge is 2.21. The average molecular weight is 149 g/mol. The molecule has 10 heavy (non-hydrogen) atoms. The van der Waals surface area contributed by atoms with E-state index in [1.807, 2.05) is 0 Å². The minimum atomic E-state index is -1.51. The summed E-state index contributed by atoms with van der Waals surface area (Å²) in [6.07, 6.45) is -2.73. The van der Waals surface area contributed by atoms with Crippen LogP contribution < -0.4 is 5.73 Å². The Morgan fingerprint density at radius 2 is 2.00 bits per heavy atom. The molecule has 0 bridgehead atoms. The van der Waals surface area contributed by atoms with E-state index in [0.29, 0.717) is 0 Å². The zero-order valence-corrected chi connectivity index (χ0v) is 5.34. The summed E-state index contributed by atoms with van der Waals surface area (Å²) < 4.78 is 0. The van der Waals surface area contributed by atoms with E-state index >= 15 is 0 Å². The van der Waals surface area contributed by atoms with Gasteiger partial charge in [0.05, 0.1) is 12.6 Å². The van der Waals surface area contributed by atoms with Gasteiger partial charge >= 0.3 is 0 Å². The molecule has 0 saturated heterocycles. The summed E-state index contributed by atoms with van der Waals surface area (Å²) in [4.78, 5) is 9.82. The van der Waals surface area contributed by atoms with Gasteiger partial charge in [0.15, 0.2) is 6.29 Å². The maximum absolute atomic E-state index is 9.82. The van der Waals surface area contributed by atoms with Gasteiger partial charge in [0, 0.05) is 0 Å². The van der Waals surface area contributed by atoms with Crippen molar-refractivity contribution in [3.8, 4) is 0 Å². The third-order valence-corrected chi connectivity index (χ3v) is 1.14. The minimum absolute atomic E-state index is 0.167. The lowest BCUT2D eigenvalue weighted by Crippen LogP contribution is -2.45. The summed E-state index contributed by atoms with van der Waals surface area (Å²) in [5.74, 6) is 0. The van der Waals surface area contributed by atoms with E-state index in [1.165, 1.54) is 0 Å². The first kappa shape index (κ1) is 9.51. The molecule has 0 fully saturated rings. The van der Waals surface area contributed by atoms with Crippen LogP contribution in [0.2, 0.25) is 0 Å². The first-order valence-electron chi connectivity index (χ1n) is 2.81. The van der Waals surface area contributed by atoms with Crippen LogP contribution in [0, 0.1) is 0 Å². The number of carbonyl (C=O) groups is 1. The number of rotatable bonds is 4. The number of aldehydes is 1. The smallest absolute Gasteiger partial charge is 0.151 e. The van der Waals surface area contributed by atoms with Crippen LogP contribution >= 0.6 is 0 Å². The summed E-state index contributed by atoms with van der Waals surface area (Å²) in [5.41, 5.74) is 5.07. The van der Waals surface area contributed by atoms with Crippen molar-refractivity contribution in [3.05, 3.63) is 0 Å². The SMILES string of the molecule is N[C@@H](CO)[C@@H](O)[C@H](O)C=O. The van der Waals surface area contributed by atoms with Crippen LogP contribution in [0.5, 0.6) is 0 Å². The van der Waals surface area contributed by atoms with E-state index in [0.717, 1.165) is 0 Å². The van der Waals surface area contributed by atoms with E-state index in [-0.39, 0.29) is 6.29 Å². The molecule has 0 amide bonds. The number of nitrogens with two attached hydrogens (primary N) is 1. The lowest BCUT2D eigenvalue weighted by atomic mass is 10.1. The van der Waals surface area contributed by atoms with E-state index < -0.39 is 24.9 Å². The van der Waals surface area contributed by atoms with Crippen LogP contribution in [0.25, 0.3) is 0 Å². The number of hydrogen-bond acceptors (Lipinski definition) is 5. The lowest BCUT2D eigenvalue weighted by Gasteiger charge is -2.17. The number of carbonyl (C=O) groups excluding carboxylic acids is 1. The third kappa shape index (κ3) is 2.40. The van der Waals surface area contributed by atoms with Crippen molar-refractivity contribution in [3.63, 3.8) is 0 Å². The molecule has 0 spiro atoms. The Labute approximate surface area is 58.1 Å². The summed E-state index contributed by atoms with van der Waals surface area (Å²) >= 11 is 0. The first-order valence-corrected chi connectivity index (χ1v) is 2.81. The van der Waals surface area contributed by atoms with Crippen LogP contribution in [0.4, 0.5) is 0 Å². The fourth-order valence-corrected chi connectivity index (χ4v) is 0.442. The molecule has 0 unspecified atom stereocenters. The topological polar surface area (TPSA) is 104 Å². The molecule has 0 aromatic heterocycles. The highest BCUT2D eigenvalue weighted by Crippen LogP contribution is 1.93. The van der Waals surface area contributed by atoms with Crippen molar-refractivity contribution in [2.24, 2.45) is 5.73 Å². The molecule has 0 heterocycles. The second-order valence-corrected chi connectivity index (χ2v) is 1.96. The van der Waals surface area contributed by atoms with Gasteiger partial charge < -0.3 is 25.8 Å². The fourth-order valence-electron chi connectivity index (χ4n) is 0.442. The van der Waals surface area contributed by atoms with Gasteiger partial charge in [-0.1, -0.05) is 0 Å². The molecule has 0 aliphatic carbocycles. The van der Waals surface area contributed by atoms with E-state index in [1.54, 1.807) is 0 Å². The zero-order chi connectivity index (χ0) is 8.15. The lowest BCUT2D eigenvalue weighted by molar-refractivity contribution is -0.121. The minimum Gasteiger partial charge on any atom is -0.395 e. The predicted octanol–water partition coefficient (Wildman–Crippen LogP) is -2.77. The standard InChI is InChI=1S/C5H11NO4/c6-3(1-7)5(10)4(9)2-8/h2-5,7,9-10H,1,6H2/t3-,4+,5+/m0/s1. The second-order valence-electron chi connectivity index (χ2n) is 1.96. The number of aliphatic hydroxyl groups is 3. The van der Waals surface area contributed by atoms with Crippen molar-refractivity contribution < 1.29 is 20.1 Å². The molecule has 0 aromatic rings. The van der Waals surface area contributed by atoms with Gasteiger partial charge in [0.2, 0.25) is 0 Å². The van der Waals surface area contributed by atoms with Gasteiger partial charge in [-0.3, -0.25) is 0 Å². The van der Waals surface area contributed by atoms with E-state index in [9.17, 15) is 4.79 Å². The first-order chi connectivity index (χ1) is 4.63. The Hall–Kier alpha value is -0.490. The number of hydrogen-bond donors (Lipinski definition) is 4. The molecule has 5 nitrogen and oxygen atoms in total. The highest BCUT2D eigenvalue weighted by molar-refractivity contribution is 5.56. The summed E-state index contributed by atoms with van der Waals surface area (Å²) in [6, 6.07) is -0.972. The Bertz CT molecular complexity index is 108. The quantitative estimate of drug-likeness (QED) is 0.324. The van der Waals surface area contributed by atoms with Crippen LogP contribution in [-0.4, -0.2) is 46.5 Å². The Kier molecular flexibility index (Phi) is 4.13. The van der Waals surface area contributed by atoms with Gasteiger partial charge in [-0.25, -0.2) is 0 Å². The molecular weight excluding hydrogens is 138 g/mol. The van der Waals surface area contributed by atoms with Crippen LogP contribution in [-0.2, 0) is 4.79 Å². The molecule has 0 aliphatic heterocycles. The van der Waals surface area contributed by atoms with Crippen molar-refractivity contribution in [2.45, 2.75) is 18.2 Å². The predicted molar refractivity (Wildman–Crippen MR) is 33.1 cm³/mol. The van der Waals surface area contributed by atoms with Crippen molar-refractivity contribution >= 4 is 6.29 Å². The van der Waals surface area contributed by atoms with Crippen LogP contribution in [0.15, 0.2) is 0 Å². The monoisotopic (exact) mass is 149 g/mol. The van der Waals surface area contributed by atoms with Gasteiger partial charge in [0.1, 0.15) is 12.2 Å². The van der Waals surface area contributed by atoms with Gasteiger partial charge in [-0.05, 0) is 0 Å². The number of aliphatic hydroxyl groups excluding tert-OH is 3. The van der Waals surface area contributed by atoms with Crippen LogP contribution in [0.1, 0.15) is 0 Å². The second kappa shape index (κ2) is 4.35. The van der Waals surface area contributed by atoms with Gasteiger partial charge in [-0.2, -0.15) is 0 Å². The molecule has 0 rings (SSSR count). The molecule has 3 atom stereocenters. The molecule has 0 radical (unpaired) electrons. The Morgan fingerprint density at radius 1 is 1.50 bits per heavy atom. The molecule has 5 N–H and O–H groups in total. The molecule has 0 saturated carbocycles. The van der Waals surface area contributed by atoms with E-state index in [4.69, 9.17) is 21.1 Å². The molecule has 0 aliphatic rings. The van der Waals surface area contributed by atoms with Crippen molar-refractivity contribution in [1.29, 1.82) is 0 Å². The summed E-state index contributed by atoms with van der Waals surface area (Å²) in [5, 5.41) is 25.8. The molecule has 5 heteroatoms. The highest BCUT2D eigenvalue weighted by atomic mass is 16.3. The summed E-state index contributed by atoms with van der Waals surface area (Å²) in [6.45, 7) is -0.466.